The molecule has 0 spiro atoms. The summed E-state index contributed by atoms with van der Waals surface area (Å²) in [6.45, 7) is -0.143. The van der Waals surface area contributed by atoms with Crippen LogP contribution in [-0.2, 0) is 6.54 Å². The number of hydrogen-bond donors (Lipinski definition) is 1. The van der Waals surface area contributed by atoms with Gasteiger partial charge in [-0.1, -0.05) is 6.07 Å². The van der Waals surface area contributed by atoms with E-state index in [9.17, 15) is 13.6 Å². The van der Waals surface area contributed by atoms with Gasteiger partial charge in [0, 0.05) is 29.9 Å². The number of benzene rings is 1. The number of halogens is 2. The minimum absolute atomic E-state index is 0.120. The maximum atomic E-state index is 13.8. The number of fused-ring (bicyclic) bond motifs is 1. The Morgan fingerprint density at radius 3 is 2.68 bits per heavy atom. The van der Waals surface area contributed by atoms with Gasteiger partial charge in [0.25, 0.3) is 5.91 Å². The Morgan fingerprint density at radius 2 is 2.00 bits per heavy atom. The Kier molecular flexibility index (Phi) is 3.75. The van der Waals surface area contributed by atoms with Crippen molar-refractivity contribution in [3.63, 3.8) is 0 Å². The van der Waals surface area contributed by atoms with E-state index in [-0.39, 0.29) is 18.0 Å². The highest BCUT2D eigenvalue weighted by molar-refractivity contribution is 5.96. The van der Waals surface area contributed by atoms with Crippen molar-refractivity contribution in [1.82, 2.24) is 14.9 Å². The number of carbonyl (C=O) groups is 1. The zero-order valence-corrected chi connectivity index (χ0v) is 13.7. The van der Waals surface area contributed by atoms with E-state index in [1.165, 1.54) is 49.2 Å². The molecule has 0 saturated heterocycles. The van der Waals surface area contributed by atoms with Crippen molar-refractivity contribution in [2.45, 2.75) is 25.3 Å². The summed E-state index contributed by atoms with van der Waals surface area (Å²) in [5, 5.41) is 0.873. The minimum atomic E-state index is -0.659. The molecule has 1 saturated carbocycles. The first kappa shape index (κ1) is 15.7. The molecule has 0 radical (unpaired) electrons. The van der Waals surface area contributed by atoms with Crippen LogP contribution in [0.15, 0.2) is 36.5 Å². The van der Waals surface area contributed by atoms with E-state index in [0.717, 1.165) is 16.7 Å². The lowest BCUT2D eigenvalue weighted by Crippen LogP contribution is -2.27. The summed E-state index contributed by atoms with van der Waals surface area (Å²) in [6.07, 6.45) is 3.84. The number of nitrogens with one attached hydrogen (secondary N) is 1. The van der Waals surface area contributed by atoms with Crippen LogP contribution in [0.3, 0.4) is 0 Å². The van der Waals surface area contributed by atoms with Crippen LogP contribution in [0.5, 0.6) is 0 Å². The molecule has 2 aromatic heterocycles. The van der Waals surface area contributed by atoms with Gasteiger partial charge < -0.3 is 9.88 Å². The quantitative estimate of drug-likeness (QED) is 0.780. The highest BCUT2D eigenvalue weighted by Crippen LogP contribution is 2.40. The summed E-state index contributed by atoms with van der Waals surface area (Å²) < 4.78 is 27.5. The molecule has 1 N–H and O–H groups in total. The Labute approximate surface area is 143 Å². The number of H-pyrrole nitrogens is 1. The van der Waals surface area contributed by atoms with Gasteiger partial charge in [-0.05, 0) is 43.0 Å². The number of nitrogens with zero attached hydrogens (tertiary/aromatic N) is 2. The van der Waals surface area contributed by atoms with Gasteiger partial charge in [-0.15, -0.1) is 0 Å². The van der Waals surface area contributed by atoms with Gasteiger partial charge in [-0.2, -0.15) is 0 Å². The monoisotopic (exact) mass is 341 g/mol. The fourth-order valence-corrected chi connectivity index (χ4v) is 2.98. The number of aromatic nitrogens is 2. The zero-order chi connectivity index (χ0) is 17.6. The molecule has 4 nitrogen and oxygen atoms in total. The highest BCUT2D eigenvalue weighted by Gasteiger charge is 2.25. The van der Waals surface area contributed by atoms with E-state index in [2.05, 4.69) is 9.97 Å². The number of carbonyl (C=O) groups excluding carboxylic acids is 1. The molecule has 1 aromatic carbocycles. The van der Waals surface area contributed by atoms with Crippen molar-refractivity contribution in [1.29, 1.82) is 0 Å². The van der Waals surface area contributed by atoms with Gasteiger partial charge >= 0.3 is 0 Å². The third-order valence-corrected chi connectivity index (χ3v) is 4.56. The van der Waals surface area contributed by atoms with Gasteiger partial charge in [0.1, 0.15) is 17.3 Å². The summed E-state index contributed by atoms with van der Waals surface area (Å²) in [5.74, 6) is -1.08. The van der Waals surface area contributed by atoms with E-state index in [1.807, 2.05) is 6.07 Å². The second-order valence-electron chi connectivity index (χ2n) is 6.52. The van der Waals surface area contributed by atoms with Crippen molar-refractivity contribution in [2.75, 3.05) is 7.05 Å². The normalized spacial score (nSPS) is 14.0. The smallest absolute Gasteiger partial charge is 0.255 e. The molecule has 1 aliphatic carbocycles. The zero-order valence-electron chi connectivity index (χ0n) is 13.7. The van der Waals surface area contributed by atoms with Crippen molar-refractivity contribution in [2.24, 2.45) is 0 Å². The van der Waals surface area contributed by atoms with Crippen LogP contribution in [0.25, 0.3) is 11.0 Å². The number of aromatic amines is 1. The van der Waals surface area contributed by atoms with Gasteiger partial charge in [0.15, 0.2) is 0 Å². The molecule has 128 valence electrons. The predicted molar refractivity (Wildman–Crippen MR) is 90.2 cm³/mol. The minimum Gasteiger partial charge on any atom is -0.343 e. The number of amides is 1. The summed E-state index contributed by atoms with van der Waals surface area (Å²) in [7, 11) is 1.52. The molecular weight excluding hydrogens is 324 g/mol. The summed E-state index contributed by atoms with van der Waals surface area (Å²) >= 11 is 0. The molecule has 0 aliphatic heterocycles. The Morgan fingerprint density at radius 1 is 1.28 bits per heavy atom. The third kappa shape index (κ3) is 2.99. The van der Waals surface area contributed by atoms with Crippen LogP contribution < -0.4 is 0 Å². The van der Waals surface area contributed by atoms with E-state index < -0.39 is 11.6 Å². The van der Waals surface area contributed by atoms with Crippen LogP contribution in [0.4, 0.5) is 8.78 Å². The predicted octanol–water partition coefficient (Wildman–Crippen LogP) is 3.99. The van der Waals surface area contributed by atoms with E-state index in [4.69, 9.17) is 0 Å². The van der Waals surface area contributed by atoms with Crippen molar-refractivity contribution in [3.8, 4) is 0 Å². The number of pyridine rings is 1. The summed E-state index contributed by atoms with van der Waals surface area (Å²) in [5.41, 5.74) is 2.17. The van der Waals surface area contributed by atoms with Crippen LogP contribution in [-0.4, -0.2) is 27.8 Å². The van der Waals surface area contributed by atoms with Gasteiger partial charge in [0.2, 0.25) is 0 Å². The van der Waals surface area contributed by atoms with Crippen LogP contribution >= 0.6 is 0 Å². The lowest BCUT2D eigenvalue weighted by Gasteiger charge is -2.18. The molecule has 0 unspecified atom stereocenters. The van der Waals surface area contributed by atoms with Crippen LogP contribution in [0, 0.1) is 11.6 Å². The maximum absolute atomic E-state index is 13.8. The van der Waals surface area contributed by atoms with Crippen molar-refractivity contribution < 1.29 is 13.6 Å². The lowest BCUT2D eigenvalue weighted by molar-refractivity contribution is 0.0782. The molecule has 2 heterocycles. The standard InChI is InChI=1S/C19H17F2N3O/c1-24(10-14-15(20)3-2-4-16(14)21)19(25)13-7-12-8-17(11-5-6-11)23-18(12)22-9-13/h2-4,7-9,11H,5-6,10H2,1H3,(H,22,23). The molecular formula is C19H17F2N3O. The third-order valence-electron chi connectivity index (χ3n) is 4.56. The van der Waals surface area contributed by atoms with Gasteiger partial charge in [-0.25, -0.2) is 13.8 Å². The first-order chi connectivity index (χ1) is 12.0. The fourth-order valence-electron chi connectivity index (χ4n) is 2.98. The topological polar surface area (TPSA) is 49.0 Å². The molecule has 4 rings (SSSR count). The van der Waals surface area contributed by atoms with Crippen molar-refractivity contribution in [3.05, 3.63) is 65.0 Å². The van der Waals surface area contributed by atoms with E-state index >= 15 is 0 Å². The average Bonchev–Trinajstić information content (AvgIpc) is 3.36. The lowest BCUT2D eigenvalue weighted by atomic mass is 10.1. The maximum Gasteiger partial charge on any atom is 0.255 e. The Hall–Kier alpha value is -2.76. The molecule has 1 fully saturated rings. The molecule has 0 bridgehead atoms. The molecule has 25 heavy (non-hydrogen) atoms. The second-order valence-corrected chi connectivity index (χ2v) is 6.52. The second kappa shape index (κ2) is 5.95. The Bertz CT molecular complexity index is 942. The van der Waals surface area contributed by atoms with Gasteiger partial charge in [-0.3, -0.25) is 4.79 Å². The molecule has 3 aromatic rings. The molecule has 1 aliphatic rings. The fraction of sp³-hybridized carbons (Fsp3) is 0.263. The molecule has 6 heteroatoms. The van der Waals surface area contributed by atoms with Crippen LogP contribution in [0.1, 0.15) is 40.4 Å². The molecule has 1 amide bonds. The number of rotatable bonds is 4. The largest absolute Gasteiger partial charge is 0.343 e. The first-order valence-electron chi connectivity index (χ1n) is 8.20. The highest BCUT2D eigenvalue weighted by atomic mass is 19.1. The SMILES string of the molecule is CN(Cc1c(F)cccc1F)C(=O)c1cnc2[nH]c(C3CC3)cc2c1. The van der Waals surface area contributed by atoms with Gasteiger partial charge in [0.05, 0.1) is 12.1 Å². The van der Waals surface area contributed by atoms with E-state index in [1.54, 1.807) is 6.07 Å². The van der Waals surface area contributed by atoms with Crippen molar-refractivity contribution >= 4 is 16.9 Å². The summed E-state index contributed by atoms with van der Waals surface area (Å²) in [4.78, 5) is 21.5. The Balaban J connectivity index is 1.58. The summed E-state index contributed by atoms with van der Waals surface area (Å²) in [6, 6.07) is 7.46. The molecule has 0 atom stereocenters. The van der Waals surface area contributed by atoms with Crippen LogP contribution in [0.2, 0.25) is 0 Å². The average molecular weight is 341 g/mol. The number of hydrogen-bond acceptors (Lipinski definition) is 2. The van der Waals surface area contributed by atoms with E-state index in [0.29, 0.717) is 11.5 Å². The first-order valence-corrected chi connectivity index (χ1v) is 8.20.